The molecule has 3 unspecified atom stereocenters. The smallest absolute Gasteiger partial charge is 0.217 e. The lowest BCUT2D eigenvalue weighted by Gasteiger charge is -2.38. The van der Waals surface area contributed by atoms with Crippen molar-refractivity contribution in [1.82, 2.24) is 10.2 Å². The van der Waals surface area contributed by atoms with Gasteiger partial charge >= 0.3 is 0 Å². The van der Waals surface area contributed by atoms with Crippen molar-refractivity contribution in [3.8, 4) is 0 Å². The quantitative estimate of drug-likeness (QED) is 0.625. The van der Waals surface area contributed by atoms with Crippen molar-refractivity contribution in [3.63, 3.8) is 0 Å². The minimum Gasteiger partial charge on any atom is -0.395 e. The van der Waals surface area contributed by atoms with Crippen LogP contribution in [-0.4, -0.2) is 59.4 Å². The number of likely N-dealkylation sites (tertiary alicyclic amines) is 1. The maximum absolute atomic E-state index is 11.1. The van der Waals surface area contributed by atoms with Gasteiger partial charge < -0.3 is 15.5 Å². The van der Waals surface area contributed by atoms with Gasteiger partial charge in [-0.1, -0.05) is 6.92 Å². The highest BCUT2D eigenvalue weighted by atomic mass is 16.3. The SMILES string of the molecule is CCC(O)CC1CC(NC(C)=O)CN(CCO)C1. The van der Waals surface area contributed by atoms with Crippen LogP contribution in [-0.2, 0) is 4.79 Å². The van der Waals surface area contributed by atoms with E-state index >= 15 is 0 Å². The van der Waals surface area contributed by atoms with Crippen LogP contribution < -0.4 is 5.32 Å². The molecule has 1 fully saturated rings. The van der Waals surface area contributed by atoms with Crippen molar-refractivity contribution in [2.24, 2.45) is 5.92 Å². The number of hydrogen-bond acceptors (Lipinski definition) is 4. The number of rotatable bonds is 6. The van der Waals surface area contributed by atoms with Crippen molar-refractivity contribution < 1.29 is 15.0 Å². The molecule has 1 amide bonds. The van der Waals surface area contributed by atoms with E-state index in [4.69, 9.17) is 5.11 Å². The standard InChI is InChI=1S/C13H26N2O3/c1-3-13(18)7-11-6-12(14-10(2)17)9-15(8-11)4-5-16/h11-13,16,18H,3-9H2,1-2H3,(H,14,17). The van der Waals surface area contributed by atoms with Crippen molar-refractivity contribution in [1.29, 1.82) is 0 Å². The topological polar surface area (TPSA) is 72.8 Å². The molecule has 0 aromatic rings. The summed E-state index contributed by atoms with van der Waals surface area (Å²) in [6.45, 7) is 5.96. The lowest BCUT2D eigenvalue weighted by Crippen LogP contribution is -2.51. The maximum atomic E-state index is 11.1. The van der Waals surface area contributed by atoms with Crippen LogP contribution in [0.5, 0.6) is 0 Å². The summed E-state index contributed by atoms with van der Waals surface area (Å²) >= 11 is 0. The van der Waals surface area contributed by atoms with Crippen LogP contribution in [0.1, 0.15) is 33.1 Å². The Morgan fingerprint density at radius 1 is 1.50 bits per heavy atom. The number of hydrogen-bond donors (Lipinski definition) is 3. The number of β-amino-alcohol motifs (C(OH)–C–C–N with tert-alkyl or cyclic N) is 1. The van der Waals surface area contributed by atoms with Gasteiger partial charge in [0.05, 0.1) is 12.7 Å². The second-order valence-corrected chi connectivity index (χ2v) is 5.28. The number of carbonyl (C=O) groups excluding carboxylic acids is 1. The van der Waals surface area contributed by atoms with Gasteiger partial charge in [-0.25, -0.2) is 0 Å². The molecule has 1 aliphatic heterocycles. The molecule has 106 valence electrons. The highest BCUT2D eigenvalue weighted by molar-refractivity contribution is 5.73. The van der Waals surface area contributed by atoms with E-state index in [2.05, 4.69) is 10.2 Å². The molecule has 0 radical (unpaired) electrons. The zero-order valence-electron chi connectivity index (χ0n) is 11.4. The number of nitrogens with zero attached hydrogens (tertiary/aromatic N) is 1. The van der Waals surface area contributed by atoms with Crippen LogP contribution in [0.3, 0.4) is 0 Å². The molecule has 0 saturated carbocycles. The van der Waals surface area contributed by atoms with Gasteiger partial charge in [0.2, 0.25) is 5.91 Å². The minimum absolute atomic E-state index is 0.0133. The van der Waals surface area contributed by atoms with E-state index in [1.54, 1.807) is 0 Å². The molecule has 1 saturated heterocycles. The first-order valence-electron chi connectivity index (χ1n) is 6.83. The predicted octanol–water partition coefficient (Wildman–Crippen LogP) is -0.0337. The van der Waals surface area contributed by atoms with Crippen LogP contribution in [0.4, 0.5) is 0 Å². The Morgan fingerprint density at radius 3 is 2.78 bits per heavy atom. The maximum Gasteiger partial charge on any atom is 0.217 e. The first kappa shape index (κ1) is 15.4. The average molecular weight is 258 g/mol. The Morgan fingerprint density at radius 2 is 2.22 bits per heavy atom. The van der Waals surface area contributed by atoms with Crippen molar-refractivity contribution >= 4 is 5.91 Å². The van der Waals surface area contributed by atoms with Crippen molar-refractivity contribution in [2.45, 2.75) is 45.3 Å². The summed E-state index contributed by atoms with van der Waals surface area (Å²) in [5.74, 6) is 0.373. The zero-order valence-corrected chi connectivity index (χ0v) is 11.4. The van der Waals surface area contributed by atoms with Crippen LogP contribution in [0.2, 0.25) is 0 Å². The summed E-state index contributed by atoms with van der Waals surface area (Å²) in [4.78, 5) is 13.3. The van der Waals surface area contributed by atoms with Gasteiger partial charge in [-0.15, -0.1) is 0 Å². The fourth-order valence-corrected chi connectivity index (χ4v) is 2.74. The minimum atomic E-state index is -0.262. The summed E-state index contributed by atoms with van der Waals surface area (Å²) in [6, 6.07) is 0.136. The Hall–Kier alpha value is -0.650. The first-order valence-corrected chi connectivity index (χ1v) is 6.83. The summed E-state index contributed by atoms with van der Waals surface area (Å²) in [5, 5.41) is 21.7. The first-order chi connectivity index (χ1) is 8.55. The van der Waals surface area contributed by atoms with Crippen LogP contribution in [0.15, 0.2) is 0 Å². The van der Waals surface area contributed by atoms with Gasteiger partial charge in [0.25, 0.3) is 0 Å². The average Bonchev–Trinajstić information content (AvgIpc) is 2.28. The van der Waals surface area contributed by atoms with E-state index in [1.807, 2.05) is 6.92 Å². The van der Waals surface area contributed by atoms with Gasteiger partial charge in [-0.2, -0.15) is 0 Å². The van der Waals surface area contributed by atoms with Gasteiger partial charge in [0.15, 0.2) is 0 Å². The molecule has 18 heavy (non-hydrogen) atoms. The molecule has 0 spiro atoms. The highest BCUT2D eigenvalue weighted by Gasteiger charge is 2.28. The summed E-state index contributed by atoms with van der Waals surface area (Å²) < 4.78 is 0. The predicted molar refractivity (Wildman–Crippen MR) is 70.2 cm³/mol. The Bertz CT molecular complexity index is 261. The summed E-state index contributed by atoms with van der Waals surface area (Å²) in [5.41, 5.74) is 0. The Balaban J connectivity index is 2.53. The number of aliphatic hydroxyl groups is 2. The number of aliphatic hydroxyl groups excluding tert-OH is 2. The second-order valence-electron chi connectivity index (χ2n) is 5.28. The van der Waals surface area contributed by atoms with Crippen LogP contribution in [0, 0.1) is 5.92 Å². The normalized spacial score (nSPS) is 26.9. The molecule has 5 nitrogen and oxygen atoms in total. The lowest BCUT2D eigenvalue weighted by molar-refractivity contribution is -0.120. The third-order valence-electron chi connectivity index (χ3n) is 3.51. The third-order valence-corrected chi connectivity index (χ3v) is 3.51. The summed E-state index contributed by atoms with van der Waals surface area (Å²) in [6.07, 6.45) is 2.19. The number of amides is 1. The molecule has 1 rings (SSSR count). The monoisotopic (exact) mass is 258 g/mol. The fraction of sp³-hybridized carbons (Fsp3) is 0.923. The van der Waals surface area contributed by atoms with Gasteiger partial charge in [-0.05, 0) is 25.2 Å². The van der Waals surface area contributed by atoms with E-state index in [1.165, 1.54) is 6.92 Å². The highest BCUT2D eigenvalue weighted by Crippen LogP contribution is 2.22. The van der Waals surface area contributed by atoms with E-state index < -0.39 is 0 Å². The molecule has 0 bridgehead atoms. The summed E-state index contributed by atoms with van der Waals surface area (Å²) in [7, 11) is 0. The van der Waals surface area contributed by atoms with Crippen LogP contribution in [0.25, 0.3) is 0 Å². The fourth-order valence-electron chi connectivity index (χ4n) is 2.74. The molecule has 3 N–H and O–H groups in total. The molecule has 5 heteroatoms. The Labute approximate surface area is 109 Å². The number of carbonyl (C=O) groups is 1. The van der Waals surface area contributed by atoms with E-state index in [0.29, 0.717) is 12.5 Å². The van der Waals surface area contributed by atoms with Crippen LogP contribution >= 0.6 is 0 Å². The second kappa shape index (κ2) is 7.71. The van der Waals surface area contributed by atoms with Gasteiger partial charge in [0, 0.05) is 32.6 Å². The molecular formula is C13H26N2O3. The van der Waals surface area contributed by atoms with E-state index in [9.17, 15) is 9.90 Å². The van der Waals surface area contributed by atoms with E-state index in [-0.39, 0.29) is 24.7 Å². The largest absolute Gasteiger partial charge is 0.395 e. The number of nitrogens with one attached hydrogen (secondary N) is 1. The molecule has 3 atom stereocenters. The molecule has 0 aromatic heterocycles. The van der Waals surface area contributed by atoms with Gasteiger partial charge in [-0.3, -0.25) is 9.69 Å². The third kappa shape index (κ3) is 5.33. The van der Waals surface area contributed by atoms with E-state index in [0.717, 1.165) is 32.4 Å². The number of piperidine rings is 1. The molecule has 0 aliphatic carbocycles. The van der Waals surface area contributed by atoms with Gasteiger partial charge in [0.1, 0.15) is 0 Å². The molecule has 1 aliphatic rings. The zero-order chi connectivity index (χ0) is 13.5. The van der Waals surface area contributed by atoms with Crippen molar-refractivity contribution in [3.05, 3.63) is 0 Å². The molecule has 1 heterocycles. The molecule has 0 aromatic carbocycles. The van der Waals surface area contributed by atoms with Crippen molar-refractivity contribution in [2.75, 3.05) is 26.2 Å². The molecular weight excluding hydrogens is 232 g/mol. The lowest BCUT2D eigenvalue weighted by atomic mass is 9.89. The Kier molecular flexibility index (Phi) is 6.60.